The Hall–Kier alpha value is 0.0500. The van der Waals surface area contributed by atoms with Crippen molar-refractivity contribution in [3.63, 3.8) is 0 Å². The maximum Gasteiger partial charge on any atom is 0.0191 e. The fourth-order valence-corrected chi connectivity index (χ4v) is 2.64. The number of benzene rings is 1. The van der Waals surface area contributed by atoms with Gasteiger partial charge in [0.2, 0.25) is 0 Å². The topological polar surface area (TPSA) is 0 Å². The molecule has 1 heterocycles. The molecule has 10 heavy (non-hydrogen) atoms. The van der Waals surface area contributed by atoms with Crippen LogP contribution in [0.5, 0.6) is 0 Å². The van der Waals surface area contributed by atoms with E-state index in [9.17, 15) is 0 Å². The first-order chi connectivity index (χ1) is 4.86. The van der Waals surface area contributed by atoms with E-state index in [1.54, 1.807) is 0 Å². The zero-order valence-electron chi connectivity index (χ0n) is 5.43. The quantitative estimate of drug-likeness (QED) is 0.640. The van der Waals surface area contributed by atoms with Gasteiger partial charge in [-0.2, -0.15) is 11.8 Å². The summed E-state index contributed by atoms with van der Waals surface area (Å²) in [5.74, 6) is 2.39. The van der Waals surface area contributed by atoms with E-state index in [4.69, 9.17) is 0 Å². The highest BCUT2D eigenvalue weighted by Crippen LogP contribution is 2.31. The number of hydrogen-bond acceptors (Lipinski definition) is 1. The molecule has 0 nitrogen and oxygen atoms in total. The minimum Gasteiger partial charge on any atom is -0.152 e. The minimum atomic E-state index is 1.19. The first kappa shape index (κ1) is 6.74. The lowest BCUT2D eigenvalue weighted by atomic mass is 10.1. The second-order valence-electron chi connectivity index (χ2n) is 2.41. The van der Waals surface area contributed by atoms with E-state index in [-0.39, 0.29) is 0 Å². The van der Waals surface area contributed by atoms with Crippen LogP contribution in [0.15, 0.2) is 22.7 Å². The lowest BCUT2D eigenvalue weighted by molar-refractivity contribution is 1.34. The first-order valence-electron chi connectivity index (χ1n) is 3.21. The maximum atomic E-state index is 3.46. The first-order valence-corrected chi connectivity index (χ1v) is 5.16. The highest BCUT2D eigenvalue weighted by atomic mass is 79.9. The lowest BCUT2D eigenvalue weighted by Crippen LogP contribution is -1.79. The molecule has 0 bridgehead atoms. The van der Waals surface area contributed by atoms with Crippen LogP contribution in [0.3, 0.4) is 0 Å². The van der Waals surface area contributed by atoms with Crippen molar-refractivity contribution in [3.05, 3.63) is 33.8 Å². The number of thioether (sulfide) groups is 1. The molecule has 0 spiro atoms. The molecule has 1 aliphatic rings. The van der Waals surface area contributed by atoms with Crippen molar-refractivity contribution in [1.82, 2.24) is 0 Å². The van der Waals surface area contributed by atoms with Gasteiger partial charge in [0.1, 0.15) is 0 Å². The minimum absolute atomic E-state index is 1.19. The molecular formula is C8H7BrS. The molecule has 0 N–H and O–H groups in total. The predicted octanol–water partition coefficient (Wildman–Crippen LogP) is 3.20. The molecule has 0 aromatic heterocycles. The summed E-state index contributed by atoms with van der Waals surface area (Å²) >= 11 is 5.45. The van der Waals surface area contributed by atoms with Gasteiger partial charge in [0.15, 0.2) is 0 Å². The molecule has 1 aliphatic heterocycles. The third-order valence-electron chi connectivity index (χ3n) is 1.68. The van der Waals surface area contributed by atoms with Crippen molar-refractivity contribution in [3.8, 4) is 0 Å². The highest BCUT2D eigenvalue weighted by Gasteiger charge is 2.09. The Balaban J connectivity index is 2.52. The molecule has 0 aliphatic carbocycles. The van der Waals surface area contributed by atoms with Gasteiger partial charge in [-0.15, -0.1) is 0 Å². The summed E-state index contributed by atoms with van der Waals surface area (Å²) in [5, 5.41) is 0. The summed E-state index contributed by atoms with van der Waals surface area (Å²) in [5.41, 5.74) is 3.01. The van der Waals surface area contributed by atoms with Crippen LogP contribution in [0.1, 0.15) is 11.1 Å². The molecule has 0 radical (unpaired) electrons. The Bertz CT molecular complexity index is 257. The molecule has 52 valence electrons. The molecule has 0 saturated carbocycles. The van der Waals surface area contributed by atoms with Crippen LogP contribution in [0.25, 0.3) is 0 Å². The van der Waals surface area contributed by atoms with Crippen molar-refractivity contribution < 1.29 is 0 Å². The SMILES string of the molecule is Brc1ccc2c(c1)CSC2. The van der Waals surface area contributed by atoms with E-state index in [0.29, 0.717) is 0 Å². The summed E-state index contributed by atoms with van der Waals surface area (Å²) < 4.78 is 1.20. The Morgan fingerprint density at radius 2 is 2.00 bits per heavy atom. The maximum absolute atomic E-state index is 3.46. The zero-order valence-corrected chi connectivity index (χ0v) is 7.83. The second kappa shape index (κ2) is 2.59. The highest BCUT2D eigenvalue weighted by molar-refractivity contribution is 9.10. The lowest BCUT2D eigenvalue weighted by Gasteiger charge is -1.96. The van der Waals surface area contributed by atoms with Crippen LogP contribution >= 0.6 is 27.7 Å². The van der Waals surface area contributed by atoms with Gasteiger partial charge in [0, 0.05) is 16.0 Å². The molecule has 0 saturated heterocycles. The van der Waals surface area contributed by atoms with Crippen molar-refractivity contribution in [2.45, 2.75) is 11.5 Å². The zero-order chi connectivity index (χ0) is 6.97. The normalized spacial score (nSPS) is 15.3. The van der Waals surface area contributed by atoms with Gasteiger partial charge in [-0.3, -0.25) is 0 Å². The van der Waals surface area contributed by atoms with Crippen molar-refractivity contribution in [2.24, 2.45) is 0 Å². The van der Waals surface area contributed by atoms with Crippen LogP contribution < -0.4 is 0 Å². The van der Waals surface area contributed by atoms with Gasteiger partial charge < -0.3 is 0 Å². The van der Waals surface area contributed by atoms with E-state index in [1.165, 1.54) is 27.1 Å². The molecule has 0 atom stereocenters. The van der Waals surface area contributed by atoms with E-state index < -0.39 is 0 Å². The van der Waals surface area contributed by atoms with Gasteiger partial charge in [-0.25, -0.2) is 0 Å². The van der Waals surface area contributed by atoms with Crippen LogP contribution in [-0.2, 0) is 11.5 Å². The summed E-state index contributed by atoms with van der Waals surface area (Å²) in [6.07, 6.45) is 0. The van der Waals surface area contributed by atoms with E-state index in [0.717, 1.165) is 0 Å². The van der Waals surface area contributed by atoms with E-state index >= 15 is 0 Å². The van der Waals surface area contributed by atoms with Gasteiger partial charge in [0.25, 0.3) is 0 Å². The van der Waals surface area contributed by atoms with Crippen LogP contribution in [0.2, 0.25) is 0 Å². The number of halogens is 1. The second-order valence-corrected chi connectivity index (χ2v) is 4.31. The molecular weight excluding hydrogens is 208 g/mol. The van der Waals surface area contributed by atoms with E-state index in [1.807, 2.05) is 11.8 Å². The largest absolute Gasteiger partial charge is 0.152 e. The molecule has 0 amide bonds. The number of hydrogen-bond donors (Lipinski definition) is 0. The Morgan fingerprint density at radius 1 is 1.20 bits per heavy atom. The summed E-state index contributed by atoms with van der Waals surface area (Å²) in [7, 11) is 0. The van der Waals surface area contributed by atoms with Gasteiger partial charge in [0.05, 0.1) is 0 Å². The molecule has 0 unspecified atom stereocenters. The smallest absolute Gasteiger partial charge is 0.0191 e. The van der Waals surface area contributed by atoms with Crippen LogP contribution in [-0.4, -0.2) is 0 Å². The predicted molar refractivity (Wildman–Crippen MR) is 49.1 cm³/mol. The van der Waals surface area contributed by atoms with Crippen molar-refractivity contribution >= 4 is 27.7 Å². The Labute approximate surface area is 73.1 Å². The summed E-state index contributed by atoms with van der Waals surface area (Å²) in [6.45, 7) is 0. The third kappa shape index (κ3) is 1.10. The van der Waals surface area contributed by atoms with E-state index in [2.05, 4.69) is 34.1 Å². The molecule has 2 rings (SSSR count). The molecule has 1 aromatic rings. The summed E-state index contributed by atoms with van der Waals surface area (Å²) in [6, 6.07) is 6.54. The fraction of sp³-hybridized carbons (Fsp3) is 0.250. The standard InChI is InChI=1S/C8H7BrS/c9-8-2-1-6-4-10-5-7(6)3-8/h1-3H,4-5H2. The Kier molecular flexibility index (Phi) is 1.75. The fourth-order valence-electron chi connectivity index (χ4n) is 1.14. The summed E-state index contributed by atoms with van der Waals surface area (Å²) in [4.78, 5) is 0. The number of rotatable bonds is 0. The van der Waals surface area contributed by atoms with Gasteiger partial charge in [-0.1, -0.05) is 22.0 Å². The van der Waals surface area contributed by atoms with Crippen molar-refractivity contribution in [2.75, 3.05) is 0 Å². The molecule has 0 fully saturated rings. The third-order valence-corrected chi connectivity index (χ3v) is 3.21. The average molecular weight is 215 g/mol. The Morgan fingerprint density at radius 3 is 2.90 bits per heavy atom. The van der Waals surface area contributed by atoms with Gasteiger partial charge >= 0.3 is 0 Å². The van der Waals surface area contributed by atoms with Crippen molar-refractivity contribution in [1.29, 1.82) is 0 Å². The average Bonchev–Trinajstić information content (AvgIpc) is 2.33. The van der Waals surface area contributed by atoms with Gasteiger partial charge in [-0.05, 0) is 23.3 Å². The molecule has 1 aromatic carbocycles. The van der Waals surface area contributed by atoms with Crippen LogP contribution in [0.4, 0.5) is 0 Å². The number of fused-ring (bicyclic) bond motifs is 1. The monoisotopic (exact) mass is 214 g/mol. The molecule has 2 heteroatoms. The van der Waals surface area contributed by atoms with Crippen LogP contribution in [0, 0.1) is 0 Å².